The SMILES string of the molecule is CO[C@H]1Oc2ccccc2N1C(=O)OC(C)C. The summed E-state index contributed by atoms with van der Waals surface area (Å²) in [5.74, 6) is 0.611. The summed E-state index contributed by atoms with van der Waals surface area (Å²) in [6, 6.07) is 7.23. The molecule has 1 atom stereocenters. The molecule has 1 aromatic rings. The van der Waals surface area contributed by atoms with Gasteiger partial charge >= 0.3 is 6.09 Å². The molecule has 5 heteroatoms. The molecule has 1 heterocycles. The normalized spacial score (nSPS) is 17.9. The molecule has 0 spiro atoms. The summed E-state index contributed by atoms with van der Waals surface area (Å²) in [5, 5.41) is 0. The third-order valence-electron chi connectivity index (χ3n) is 2.30. The summed E-state index contributed by atoms with van der Waals surface area (Å²) in [4.78, 5) is 13.3. The molecule has 1 aliphatic rings. The van der Waals surface area contributed by atoms with Crippen LogP contribution >= 0.6 is 0 Å². The van der Waals surface area contributed by atoms with Gasteiger partial charge in [-0.25, -0.2) is 9.69 Å². The average molecular weight is 237 g/mol. The van der Waals surface area contributed by atoms with Crippen LogP contribution in [0.1, 0.15) is 13.8 Å². The van der Waals surface area contributed by atoms with Crippen LogP contribution in [0, 0.1) is 0 Å². The lowest BCUT2D eigenvalue weighted by atomic mass is 10.3. The maximum atomic E-state index is 11.9. The van der Waals surface area contributed by atoms with Gasteiger partial charge in [-0.3, -0.25) is 0 Å². The molecule has 17 heavy (non-hydrogen) atoms. The fourth-order valence-corrected chi connectivity index (χ4v) is 1.63. The van der Waals surface area contributed by atoms with Gasteiger partial charge in [0.25, 0.3) is 6.41 Å². The Balaban J connectivity index is 2.27. The fourth-order valence-electron chi connectivity index (χ4n) is 1.63. The highest BCUT2D eigenvalue weighted by atomic mass is 16.7. The van der Waals surface area contributed by atoms with Crippen LogP contribution in [0.4, 0.5) is 10.5 Å². The Morgan fingerprint density at radius 1 is 1.41 bits per heavy atom. The van der Waals surface area contributed by atoms with Gasteiger partial charge in [0, 0.05) is 7.11 Å². The smallest absolute Gasteiger partial charge is 0.419 e. The number of methoxy groups -OCH3 is 1. The molecule has 1 amide bonds. The molecule has 0 aliphatic carbocycles. The molecule has 0 N–H and O–H groups in total. The highest BCUT2D eigenvalue weighted by molar-refractivity contribution is 5.91. The van der Waals surface area contributed by atoms with Gasteiger partial charge in [0.2, 0.25) is 0 Å². The van der Waals surface area contributed by atoms with Crippen LogP contribution in [0.15, 0.2) is 24.3 Å². The molecule has 0 bridgehead atoms. The topological polar surface area (TPSA) is 48.0 Å². The Hall–Kier alpha value is -1.75. The van der Waals surface area contributed by atoms with Crippen molar-refractivity contribution in [2.75, 3.05) is 12.0 Å². The van der Waals surface area contributed by atoms with Crippen molar-refractivity contribution in [2.45, 2.75) is 26.4 Å². The van der Waals surface area contributed by atoms with Gasteiger partial charge in [-0.15, -0.1) is 0 Å². The zero-order chi connectivity index (χ0) is 12.4. The number of para-hydroxylation sites is 2. The van der Waals surface area contributed by atoms with E-state index in [0.717, 1.165) is 0 Å². The lowest BCUT2D eigenvalue weighted by Gasteiger charge is -2.22. The zero-order valence-electron chi connectivity index (χ0n) is 10.0. The van der Waals surface area contributed by atoms with Gasteiger partial charge in [0.15, 0.2) is 0 Å². The number of ether oxygens (including phenoxy) is 3. The van der Waals surface area contributed by atoms with E-state index in [-0.39, 0.29) is 6.10 Å². The van der Waals surface area contributed by atoms with Gasteiger partial charge in [0.1, 0.15) is 5.75 Å². The van der Waals surface area contributed by atoms with Crippen molar-refractivity contribution >= 4 is 11.8 Å². The largest absolute Gasteiger partial charge is 0.446 e. The van der Waals surface area contributed by atoms with E-state index < -0.39 is 12.5 Å². The van der Waals surface area contributed by atoms with Crippen LogP contribution in [0.2, 0.25) is 0 Å². The molecule has 92 valence electrons. The maximum Gasteiger partial charge on any atom is 0.419 e. The molecule has 0 radical (unpaired) electrons. The summed E-state index contributed by atoms with van der Waals surface area (Å²) in [5.41, 5.74) is 0.657. The number of hydrogen-bond acceptors (Lipinski definition) is 4. The van der Waals surface area contributed by atoms with Crippen LogP contribution in [0.3, 0.4) is 0 Å². The second-order valence-corrected chi connectivity index (χ2v) is 3.93. The molecule has 1 aromatic carbocycles. The first-order valence-corrected chi connectivity index (χ1v) is 5.42. The average Bonchev–Trinajstić information content (AvgIpc) is 2.66. The minimum atomic E-state index is -0.765. The van der Waals surface area contributed by atoms with Crippen molar-refractivity contribution in [1.82, 2.24) is 0 Å². The number of carbonyl (C=O) groups excluding carboxylic acids is 1. The minimum absolute atomic E-state index is 0.187. The molecule has 2 rings (SSSR count). The molecular formula is C12H15NO4. The molecule has 0 saturated carbocycles. The molecule has 5 nitrogen and oxygen atoms in total. The third-order valence-corrected chi connectivity index (χ3v) is 2.30. The Bertz CT molecular complexity index is 419. The quantitative estimate of drug-likeness (QED) is 0.792. The number of carbonyl (C=O) groups is 1. The number of benzene rings is 1. The second-order valence-electron chi connectivity index (χ2n) is 3.93. The number of amides is 1. The van der Waals surface area contributed by atoms with Gasteiger partial charge < -0.3 is 14.2 Å². The summed E-state index contributed by atoms with van der Waals surface area (Å²) in [7, 11) is 1.48. The van der Waals surface area contributed by atoms with Crippen LogP contribution in [-0.2, 0) is 9.47 Å². The number of nitrogens with zero attached hydrogens (tertiary/aromatic N) is 1. The Morgan fingerprint density at radius 3 is 2.76 bits per heavy atom. The summed E-state index contributed by atoms with van der Waals surface area (Å²) in [6.07, 6.45) is -1.43. The van der Waals surface area contributed by atoms with Crippen LogP contribution < -0.4 is 9.64 Å². The first kappa shape index (κ1) is 11.7. The molecule has 0 unspecified atom stereocenters. The Kier molecular flexibility index (Phi) is 3.19. The lowest BCUT2D eigenvalue weighted by molar-refractivity contribution is -0.0406. The van der Waals surface area contributed by atoms with E-state index in [4.69, 9.17) is 14.2 Å². The van der Waals surface area contributed by atoms with E-state index >= 15 is 0 Å². The van der Waals surface area contributed by atoms with Crippen molar-refractivity contribution in [3.63, 3.8) is 0 Å². The van der Waals surface area contributed by atoms with Gasteiger partial charge in [0.05, 0.1) is 11.8 Å². The highest BCUT2D eigenvalue weighted by Crippen LogP contribution is 2.37. The molecule has 0 fully saturated rings. The number of fused-ring (bicyclic) bond motifs is 1. The molecule has 1 aliphatic heterocycles. The number of hydrogen-bond donors (Lipinski definition) is 0. The molecule has 0 aromatic heterocycles. The second kappa shape index (κ2) is 4.63. The van der Waals surface area contributed by atoms with Crippen molar-refractivity contribution in [3.05, 3.63) is 24.3 Å². The lowest BCUT2D eigenvalue weighted by Crippen LogP contribution is -2.42. The fraction of sp³-hybridized carbons (Fsp3) is 0.417. The van der Waals surface area contributed by atoms with E-state index in [9.17, 15) is 4.79 Å². The van der Waals surface area contributed by atoms with Crippen molar-refractivity contribution in [1.29, 1.82) is 0 Å². The number of rotatable bonds is 2. The summed E-state index contributed by atoms with van der Waals surface area (Å²) >= 11 is 0. The molecule has 0 saturated heterocycles. The summed E-state index contributed by atoms with van der Waals surface area (Å²) in [6.45, 7) is 3.59. The number of anilines is 1. The van der Waals surface area contributed by atoms with Crippen molar-refractivity contribution < 1.29 is 19.0 Å². The summed E-state index contributed by atoms with van der Waals surface area (Å²) < 4.78 is 15.7. The van der Waals surface area contributed by atoms with Crippen LogP contribution in [-0.4, -0.2) is 25.7 Å². The van der Waals surface area contributed by atoms with E-state index in [0.29, 0.717) is 11.4 Å². The monoisotopic (exact) mass is 237 g/mol. The maximum absolute atomic E-state index is 11.9. The standard InChI is InChI=1S/C12H15NO4/c1-8(2)16-11(14)13-9-6-4-5-7-10(9)17-12(13)15-3/h4-8,12H,1-3H3/t12-/m0/s1. The minimum Gasteiger partial charge on any atom is -0.446 e. The van der Waals surface area contributed by atoms with Crippen molar-refractivity contribution in [2.24, 2.45) is 0 Å². The first-order valence-electron chi connectivity index (χ1n) is 5.42. The van der Waals surface area contributed by atoms with E-state index in [1.54, 1.807) is 26.0 Å². The van der Waals surface area contributed by atoms with Crippen LogP contribution in [0.25, 0.3) is 0 Å². The third kappa shape index (κ3) is 2.19. The predicted molar refractivity (Wildman–Crippen MR) is 62.0 cm³/mol. The predicted octanol–water partition coefficient (Wildman–Crippen LogP) is 2.36. The van der Waals surface area contributed by atoms with Gasteiger partial charge in [-0.05, 0) is 26.0 Å². The highest BCUT2D eigenvalue weighted by Gasteiger charge is 2.37. The van der Waals surface area contributed by atoms with E-state index in [2.05, 4.69) is 0 Å². The van der Waals surface area contributed by atoms with Gasteiger partial charge in [-0.1, -0.05) is 12.1 Å². The Labute approximate surface area is 99.9 Å². The van der Waals surface area contributed by atoms with E-state index in [1.807, 2.05) is 12.1 Å². The van der Waals surface area contributed by atoms with Crippen molar-refractivity contribution in [3.8, 4) is 5.75 Å². The molecular weight excluding hydrogens is 222 g/mol. The zero-order valence-corrected chi connectivity index (χ0v) is 10.0. The van der Waals surface area contributed by atoms with Gasteiger partial charge in [-0.2, -0.15) is 0 Å². The van der Waals surface area contributed by atoms with Crippen LogP contribution in [0.5, 0.6) is 5.75 Å². The Morgan fingerprint density at radius 2 is 2.12 bits per heavy atom. The first-order chi connectivity index (χ1) is 8.13. The van der Waals surface area contributed by atoms with E-state index in [1.165, 1.54) is 12.0 Å².